The van der Waals surface area contributed by atoms with Crippen molar-refractivity contribution < 1.29 is 13.9 Å². The largest absolute Gasteiger partial charge is 0.444 e. The van der Waals surface area contributed by atoms with Crippen molar-refractivity contribution in [3.05, 3.63) is 40.7 Å². The molecule has 1 aromatic carbocycles. The van der Waals surface area contributed by atoms with Crippen molar-refractivity contribution in [3.8, 4) is 0 Å². The molecule has 3 rings (SSSR count). The predicted octanol–water partition coefficient (Wildman–Crippen LogP) is 5.42. The zero-order chi connectivity index (χ0) is 17.5. The number of rotatable bonds is 1. The van der Waals surface area contributed by atoms with Gasteiger partial charge in [0.05, 0.1) is 6.04 Å². The van der Waals surface area contributed by atoms with Crippen molar-refractivity contribution in [2.45, 2.75) is 64.1 Å². The van der Waals surface area contributed by atoms with Crippen LogP contribution < -0.4 is 0 Å². The Bertz CT molecular complexity index is 680. The number of ether oxygens (including phenoxy) is 1. The molecule has 1 saturated heterocycles. The first-order chi connectivity index (χ1) is 11.2. The zero-order valence-corrected chi connectivity index (χ0v) is 15.1. The first-order valence-electron chi connectivity index (χ1n) is 8.42. The summed E-state index contributed by atoms with van der Waals surface area (Å²) in [5, 5.41) is 0.392. The molecule has 3 nitrogen and oxygen atoms in total. The summed E-state index contributed by atoms with van der Waals surface area (Å²) in [6.45, 7) is 5.61. The second kappa shape index (κ2) is 6.40. The van der Waals surface area contributed by atoms with Gasteiger partial charge in [-0.15, -0.1) is 0 Å². The number of piperidine rings is 1. The SMILES string of the molecule is CC(C)(C)OC(=O)N1C2C=C(c3ccc(Cl)cc3F)CC1CCC2. The number of nitrogens with zero attached hydrogens (tertiary/aromatic N) is 1. The van der Waals surface area contributed by atoms with Crippen LogP contribution in [-0.4, -0.2) is 28.7 Å². The van der Waals surface area contributed by atoms with E-state index in [4.69, 9.17) is 16.3 Å². The summed E-state index contributed by atoms with van der Waals surface area (Å²) >= 11 is 5.85. The lowest BCUT2D eigenvalue weighted by Gasteiger charge is -2.45. The highest BCUT2D eigenvalue weighted by atomic mass is 35.5. The Morgan fingerprint density at radius 1 is 1.33 bits per heavy atom. The molecular formula is C19H23ClFNO2. The van der Waals surface area contributed by atoms with E-state index in [2.05, 4.69) is 0 Å². The molecule has 0 N–H and O–H groups in total. The number of fused-ring (bicyclic) bond motifs is 2. The zero-order valence-electron chi connectivity index (χ0n) is 14.3. The first kappa shape index (κ1) is 17.3. The average molecular weight is 352 g/mol. The van der Waals surface area contributed by atoms with Crippen molar-refractivity contribution in [1.82, 2.24) is 4.90 Å². The lowest BCUT2D eigenvalue weighted by molar-refractivity contribution is 0.0000790. The highest BCUT2D eigenvalue weighted by molar-refractivity contribution is 6.30. The smallest absolute Gasteiger partial charge is 0.411 e. The fraction of sp³-hybridized carbons (Fsp3) is 0.526. The van der Waals surface area contributed by atoms with E-state index in [1.165, 1.54) is 6.07 Å². The van der Waals surface area contributed by atoms with E-state index in [9.17, 15) is 9.18 Å². The third-order valence-corrected chi connectivity index (χ3v) is 4.75. The summed E-state index contributed by atoms with van der Waals surface area (Å²) < 4.78 is 19.8. The molecule has 2 atom stereocenters. The van der Waals surface area contributed by atoms with Crippen molar-refractivity contribution in [2.24, 2.45) is 0 Å². The fourth-order valence-corrected chi connectivity index (χ4v) is 3.74. The molecule has 1 aromatic rings. The van der Waals surface area contributed by atoms with E-state index in [1.54, 1.807) is 12.1 Å². The lowest BCUT2D eigenvalue weighted by Crippen LogP contribution is -2.53. The standard InChI is InChI=1S/C19H23ClFNO2/c1-19(2,3)24-18(23)22-14-5-4-6-15(22)10-12(9-14)16-8-7-13(20)11-17(16)21/h7-9,11,14-15H,4-6,10H2,1-3H3. The number of hydrogen-bond acceptors (Lipinski definition) is 2. The summed E-state index contributed by atoms with van der Waals surface area (Å²) in [5.41, 5.74) is 1.02. The second-order valence-corrected chi connectivity index (χ2v) is 8.00. The van der Waals surface area contributed by atoms with Crippen molar-refractivity contribution >= 4 is 23.3 Å². The lowest BCUT2D eigenvalue weighted by atomic mass is 9.83. The Labute approximate surface area is 147 Å². The van der Waals surface area contributed by atoms with E-state index in [1.807, 2.05) is 31.7 Å². The summed E-state index contributed by atoms with van der Waals surface area (Å²) in [6.07, 6.45) is 5.27. The summed E-state index contributed by atoms with van der Waals surface area (Å²) in [4.78, 5) is 14.4. The third-order valence-electron chi connectivity index (χ3n) is 4.52. The van der Waals surface area contributed by atoms with Gasteiger partial charge < -0.3 is 4.74 Å². The molecule has 2 bridgehead atoms. The van der Waals surface area contributed by atoms with Gasteiger partial charge in [0.25, 0.3) is 0 Å². The van der Waals surface area contributed by atoms with Crippen LogP contribution in [0.2, 0.25) is 5.02 Å². The molecule has 0 spiro atoms. The van der Waals surface area contributed by atoms with Gasteiger partial charge in [-0.3, -0.25) is 4.90 Å². The van der Waals surface area contributed by atoms with E-state index in [-0.39, 0.29) is 24.0 Å². The van der Waals surface area contributed by atoms with Crippen LogP contribution >= 0.6 is 11.6 Å². The topological polar surface area (TPSA) is 29.5 Å². The molecule has 24 heavy (non-hydrogen) atoms. The average Bonchev–Trinajstić information content (AvgIpc) is 2.44. The Morgan fingerprint density at radius 2 is 2.08 bits per heavy atom. The highest BCUT2D eigenvalue weighted by Crippen LogP contribution is 2.38. The molecule has 2 heterocycles. The van der Waals surface area contributed by atoms with Crippen LogP contribution in [0, 0.1) is 5.82 Å². The molecule has 2 unspecified atom stereocenters. The molecule has 0 radical (unpaired) electrons. The molecule has 0 aliphatic carbocycles. The van der Waals surface area contributed by atoms with Crippen molar-refractivity contribution in [1.29, 1.82) is 0 Å². The Balaban J connectivity index is 1.88. The molecule has 0 saturated carbocycles. The van der Waals surface area contributed by atoms with Gasteiger partial charge in [0.15, 0.2) is 0 Å². The van der Waals surface area contributed by atoms with E-state index >= 15 is 0 Å². The number of benzene rings is 1. The molecule has 130 valence electrons. The summed E-state index contributed by atoms with van der Waals surface area (Å²) in [5.74, 6) is -0.308. The molecule has 1 fully saturated rings. The second-order valence-electron chi connectivity index (χ2n) is 7.56. The number of halogens is 2. The van der Waals surface area contributed by atoms with Gasteiger partial charge >= 0.3 is 6.09 Å². The van der Waals surface area contributed by atoms with Gasteiger partial charge in [0, 0.05) is 16.6 Å². The van der Waals surface area contributed by atoms with Gasteiger partial charge in [0.1, 0.15) is 11.4 Å². The maximum Gasteiger partial charge on any atom is 0.411 e. The summed E-state index contributed by atoms with van der Waals surface area (Å²) in [7, 11) is 0. The quantitative estimate of drug-likeness (QED) is 0.675. The molecule has 0 aromatic heterocycles. The van der Waals surface area contributed by atoms with Crippen LogP contribution in [0.4, 0.5) is 9.18 Å². The molecule has 2 aliphatic heterocycles. The monoisotopic (exact) mass is 351 g/mol. The van der Waals surface area contributed by atoms with E-state index < -0.39 is 5.60 Å². The predicted molar refractivity (Wildman–Crippen MR) is 93.5 cm³/mol. The molecule has 5 heteroatoms. The summed E-state index contributed by atoms with van der Waals surface area (Å²) in [6, 6.07) is 4.80. The van der Waals surface area contributed by atoms with Gasteiger partial charge in [0.2, 0.25) is 0 Å². The van der Waals surface area contributed by atoms with E-state index in [0.717, 1.165) is 24.8 Å². The number of carbonyl (C=O) groups excluding carboxylic acids is 1. The minimum atomic E-state index is -0.516. The van der Waals surface area contributed by atoms with Crippen molar-refractivity contribution in [2.75, 3.05) is 0 Å². The fourth-order valence-electron chi connectivity index (χ4n) is 3.58. The number of amides is 1. The van der Waals surface area contributed by atoms with Gasteiger partial charge in [-0.2, -0.15) is 0 Å². The minimum Gasteiger partial charge on any atom is -0.444 e. The van der Waals surface area contributed by atoms with E-state index in [0.29, 0.717) is 17.0 Å². The Kier molecular flexibility index (Phi) is 4.60. The van der Waals surface area contributed by atoms with Crippen LogP contribution in [0.3, 0.4) is 0 Å². The van der Waals surface area contributed by atoms with Gasteiger partial charge in [-0.1, -0.05) is 23.7 Å². The van der Waals surface area contributed by atoms with Gasteiger partial charge in [-0.25, -0.2) is 9.18 Å². The minimum absolute atomic E-state index is 0.0302. The van der Waals surface area contributed by atoms with Crippen LogP contribution in [-0.2, 0) is 4.74 Å². The molecule has 2 aliphatic rings. The van der Waals surface area contributed by atoms with Crippen LogP contribution in [0.25, 0.3) is 5.57 Å². The number of hydrogen-bond donors (Lipinski definition) is 0. The van der Waals surface area contributed by atoms with Gasteiger partial charge in [-0.05, 0) is 64.2 Å². The highest BCUT2D eigenvalue weighted by Gasteiger charge is 2.39. The maximum atomic E-state index is 14.3. The maximum absolute atomic E-state index is 14.3. The van der Waals surface area contributed by atoms with Crippen LogP contribution in [0.1, 0.15) is 52.0 Å². The Morgan fingerprint density at radius 3 is 2.71 bits per heavy atom. The third kappa shape index (κ3) is 3.59. The first-order valence-corrected chi connectivity index (χ1v) is 8.80. The Hall–Kier alpha value is -1.55. The number of carbonyl (C=O) groups is 1. The molecule has 1 amide bonds. The van der Waals surface area contributed by atoms with Crippen LogP contribution in [0.15, 0.2) is 24.3 Å². The molecular weight excluding hydrogens is 329 g/mol. The van der Waals surface area contributed by atoms with Crippen LogP contribution in [0.5, 0.6) is 0 Å². The normalized spacial score (nSPS) is 23.7. The van der Waals surface area contributed by atoms with Crippen molar-refractivity contribution in [3.63, 3.8) is 0 Å².